The van der Waals surface area contributed by atoms with E-state index in [0.717, 1.165) is 10.8 Å². The van der Waals surface area contributed by atoms with Crippen LogP contribution in [0.2, 0.25) is 0 Å². The van der Waals surface area contributed by atoms with Crippen molar-refractivity contribution in [1.29, 1.82) is 0 Å². The smallest absolute Gasteiger partial charge is 0.326 e. The number of carboxylic acids is 1. The van der Waals surface area contributed by atoms with Crippen molar-refractivity contribution >= 4 is 28.6 Å². The minimum absolute atomic E-state index is 0.0743. The first-order valence-corrected chi connectivity index (χ1v) is 12.0. The van der Waals surface area contributed by atoms with Crippen LogP contribution in [0.4, 0.5) is 0 Å². The van der Waals surface area contributed by atoms with Crippen molar-refractivity contribution in [2.45, 2.75) is 72.1 Å². The van der Waals surface area contributed by atoms with Crippen LogP contribution < -0.4 is 9.47 Å². The van der Waals surface area contributed by atoms with Crippen LogP contribution in [0.15, 0.2) is 30.5 Å². The summed E-state index contributed by atoms with van der Waals surface area (Å²) < 4.78 is 16.9. The Kier molecular flexibility index (Phi) is 7.81. The maximum absolute atomic E-state index is 13.7. The summed E-state index contributed by atoms with van der Waals surface area (Å²) in [5.41, 5.74) is -1.28. The predicted octanol–water partition coefficient (Wildman–Crippen LogP) is 4.07. The second-order valence-corrected chi connectivity index (χ2v) is 11.2. The number of aliphatic carboxylic acids is 1. The molecule has 2 heterocycles. The molecule has 0 radical (unpaired) electrons. The molecule has 0 aliphatic carbocycles. The molecule has 9 nitrogen and oxygen atoms in total. The Morgan fingerprint density at radius 3 is 2.42 bits per heavy atom. The van der Waals surface area contributed by atoms with Crippen LogP contribution in [0.5, 0.6) is 11.6 Å². The second-order valence-electron chi connectivity index (χ2n) is 11.2. The van der Waals surface area contributed by atoms with Gasteiger partial charge in [-0.3, -0.25) is 9.59 Å². The number of aromatic nitrogens is 1. The van der Waals surface area contributed by atoms with Crippen molar-refractivity contribution in [3.63, 3.8) is 0 Å². The Morgan fingerprint density at radius 2 is 1.83 bits per heavy atom. The summed E-state index contributed by atoms with van der Waals surface area (Å²) in [5.74, 6) is -1.71. The number of amides is 1. The van der Waals surface area contributed by atoms with Gasteiger partial charge in [0.05, 0.1) is 26.0 Å². The molecule has 1 aliphatic heterocycles. The van der Waals surface area contributed by atoms with Gasteiger partial charge in [-0.15, -0.1) is 0 Å². The van der Waals surface area contributed by atoms with Gasteiger partial charge in [0.2, 0.25) is 11.8 Å². The Labute approximate surface area is 211 Å². The average molecular weight is 501 g/mol. The molecule has 1 amide bonds. The highest BCUT2D eigenvalue weighted by Crippen LogP contribution is 2.35. The minimum atomic E-state index is -1.12. The Balaban J connectivity index is 1.83. The molecule has 1 aromatic carbocycles. The maximum Gasteiger partial charge on any atom is 0.326 e. The minimum Gasteiger partial charge on any atom is -0.497 e. The van der Waals surface area contributed by atoms with Crippen molar-refractivity contribution in [2.24, 2.45) is 11.3 Å². The molecule has 1 aromatic heterocycles. The number of hydrogen-bond donors (Lipinski definition) is 1. The number of carbonyl (C=O) groups excluding carboxylic acids is 2. The molecule has 0 saturated carbocycles. The van der Waals surface area contributed by atoms with Crippen LogP contribution in [0.25, 0.3) is 10.8 Å². The summed E-state index contributed by atoms with van der Waals surface area (Å²) in [6, 6.07) is 6.26. The SMILES string of the molecule is COc1ccc2c(O[C@@H]3C[C@@H](C(=O)O)N(C(=O)[C@@H](CC(=O)OC(C)(C)C)C(C)(C)C)C3)nccc2c1. The lowest BCUT2D eigenvalue weighted by Crippen LogP contribution is -2.47. The highest BCUT2D eigenvalue weighted by atomic mass is 16.6. The van der Waals surface area contributed by atoms with Gasteiger partial charge in [0.15, 0.2) is 0 Å². The van der Waals surface area contributed by atoms with E-state index in [0.29, 0.717) is 11.6 Å². The highest BCUT2D eigenvalue weighted by Gasteiger charge is 2.46. The largest absolute Gasteiger partial charge is 0.497 e. The van der Waals surface area contributed by atoms with Crippen molar-refractivity contribution in [2.75, 3.05) is 13.7 Å². The van der Waals surface area contributed by atoms with Gasteiger partial charge in [-0.25, -0.2) is 9.78 Å². The molecular formula is C27H36N2O7. The van der Waals surface area contributed by atoms with Gasteiger partial charge in [0, 0.05) is 18.0 Å². The Morgan fingerprint density at radius 1 is 1.14 bits per heavy atom. The topological polar surface area (TPSA) is 115 Å². The van der Waals surface area contributed by atoms with Crippen molar-refractivity contribution < 1.29 is 33.7 Å². The van der Waals surface area contributed by atoms with Gasteiger partial charge in [-0.1, -0.05) is 20.8 Å². The van der Waals surface area contributed by atoms with Crippen molar-refractivity contribution in [1.82, 2.24) is 9.88 Å². The molecule has 0 bridgehead atoms. The van der Waals surface area contributed by atoms with Crippen LogP contribution in [0.1, 0.15) is 54.4 Å². The lowest BCUT2D eigenvalue weighted by atomic mass is 9.77. The van der Waals surface area contributed by atoms with E-state index in [4.69, 9.17) is 14.2 Å². The number of carboxylic acid groups (broad SMARTS) is 1. The zero-order valence-corrected chi connectivity index (χ0v) is 22.0. The van der Waals surface area contributed by atoms with Crippen LogP contribution in [0.3, 0.4) is 0 Å². The molecule has 1 N–H and O–H groups in total. The summed E-state index contributed by atoms with van der Waals surface area (Å²) in [7, 11) is 1.59. The molecule has 1 fully saturated rings. The predicted molar refractivity (Wildman–Crippen MR) is 134 cm³/mol. The van der Waals surface area contributed by atoms with Gasteiger partial charge in [0.1, 0.15) is 23.5 Å². The van der Waals surface area contributed by atoms with E-state index in [-0.39, 0.29) is 19.4 Å². The number of esters is 1. The van der Waals surface area contributed by atoms with Crippen LogP contribution in [-0.2, 0) is 19.1 Å². The number of rotatable bonds is 7. The van der Waals surface area contributed by atoms with Crippen LogP contribution >= 0.6 is 0 Å². The number of hydrogen-bond acceptors (Lipinski definition) is 7. The third-order valence-corrected chi connectivity index (χ3v) is 6.18. The third-order valence-electron chi connectivity index (χ3n) is 6.18. The fourth-order valence-corrected chi connectivity index (χ4v) is 4.38. The fraction of sp³-hybridized carbons (Fsp3) is 0.556. The number of ether oxygens (including phenoxy) is 3. The molecule has 3 atom stereocenters. The molecule has 3 rings (SSSR count). The maximum atomic E-state index is 13.7. The average Bonchev–Trinajstić information content (AvgIpc) is 3.19. The van der Waals surface area contributed by atoms with Gasteiger partial charge in [0.25, 0.3) is 0 Å². The molecule has 2 aromatic rings. The standard InChI is InChI=1S/C27H36N2O7/c1-26(2,3)20(14-22(30)36-27(4,5)6)24(31)29-15-18(13-21(29)25(32)33)35-23-19-9-8-17(34-7)12-16(19)10-11-28-23/h8-12,18,20-21H,13-15H2,1-7H3,(H,32,33)/t18-,20-,21+/m1/s1. The second kappa shape index (κ2) is 10.3. The summed E-state index contributed by atoms with van der Waals surface area (Å²) in [6.07, 6.45) is 1.01. The number of likely N-dealkylation sites (tertiary alicyclic amines) is 1. The number of nitrogens with zero attached hydrogens (tertiary/aromatic N) is 2. The summed E-state index contributed by atoms with van der Waals surface area (Å²) in [4.78, 5) is 44.0. The molecule has 196 valence electrons. The lowest BCUT2D eigenvalue weighted by molar-refractivity contribution is -0.161. The van der Waals surface area contributed by atoms with Crippen LogP contribution in [-0.4, -0.2) is 64.2 Å². The number of methoxy groups -OCH3 is 1. The number of benzene rings is 1. The number of carbonyl (C=O) groups is 3. The van der Waals surface area contributed by atoms with Crippen molar-refractivity contribution in [3.8, 4) is 11.6 Å². The van der Waals surface area contributed by atoms with Crippen LogP contribution in [0, 0.1) is 11.3 Å². The zero-order chi connectivity index (χ0) is 26.8. The first-order chi connectivity index (χ1) is 16.7. The molecule has 1 saturated heterocycles. The Hall–Kier alpha value is -3.36. The van der Waals surface area contributed by atoms with E-state index < -0.39 is 46.9 Å². The number of pyridine rings is 1. The summed E-state index contributed by atoms with van der Waals surface area (Å²) in [6.45, 7) is 10.9. The normalized spacial score (nSPS) is 19.1. The third kappa shape index (κ3) is 6.44. The monoisotopic (exact) mass is 500 g/mol. The highest BCUT2D eigenvalue weighted by molar-refractivity contribution is 5.89. The summed E-state index contributed by atoms with van der Waals surface area (Å²) in [5, 5.41) is 11.5. The molecule has 1 aliphatic rings. The van der Waals surface area contributed by atoms with Gasteiger partial charge in [-0.2, -0.15) is 0 Å². The van der Waals surface area contributed by atoms with E-state index in [9.17, 15) is 19.5 Å². The van der Waals surface area contributed by atoms with E-state index in [1.165, 1.54) is 4.90 Å². The first-order valence-electron chi connectivity index (χ1n) is 12.0. The number of fused-ring (bicyclic) bond motifs is 1. The molecule has 9 heteroatoms. The van der Waals surface area contributed by atoms with E-state index in [2.05, 4.69) is 4.98 Å². The molecule has 0 unspecified atom stereocenters. The quantitative estimate of drug-likeness (QED) is 0.566. The van der Waals surface area contributed by atoms with Gasteiger partial charge >= 0.3 is 11.9 Å². The first kappa shape index (κ1) is 27.2. The van der Waals surface area contributed by atoms with E-state index in [1.54, 1.807) is 40.1 Å². The Bertz CT molecular complexity index is 1130. The van der Waals surface area contributed by atoms with E-state index in [1.807, 2.05) is 39.0 Å². The van der Waals surface area contributed by atoms with Gasteiger partial charge < -0.3 is 24.2 Å². The molecular weight excluding hydrogens is 464 g/mol. The molecule has 36 heavy (non-hydrogen) atoms. The van der Waals surface area contributed by atoms with E-state index >= 15 is 0 Å². The fourth-order valence-electron chi connectivity index (χ4n) is 4.38. The zero-order valence-electron chi connectivity index (χ0n) is 22.0. The summed E-state index contributed by atoms with van der Waals surface area (Å²) >= 11 is 0. The van der Waals surface area contributed by atoms with Crippen molar-refractivity contribution in [3.05, 3.63) is 30.5 Å². The van der Waals surface area contributed by atoms with Gasteiger partial charge in [-0.05, 0) is 55.8 Å². The lowest BCUT2D eigenvalue weighted by Gasteiger charge is -2.34. The molecule has 0 spiro atoms.